The first kappa shape index (κ1) is 16.3. The van der Waals surface area contributed by atoms with Crippen LogP contribution in [0.25, 0.3) is 0 Å². The molecule has 0 aromatic heterocycles. The number of nitrogens with zero attached hydrogens (tertiary/aromatic N) is 2. The zero-order valence-corrected chi connectivity index (χ0v) is 13.2. The molecule has 1 heterocycles. The Morgan fingerprint density at radius 3 is 2.50 bits per heavy atom. The molecule has 0 bridgehead atoms. The minimum absolute atomic E-state index is 0.223. The molecule has 1 fully saturated rings. The average Bonchev–Trinajstić information content (AvgIpc) is 2.49. The van der Waals surface area contributed by atoms with Crippen molar-refractivity contribution in [3.63, 3.8) is 0 Å². The number of hydrogen-bond acceptors (Lipinski definition) is 5. The summed E-state index contributed by atoms with van der Waals surface area (Å²) in [6.07, 6.45) is -0.675. The number of hydrogen-bond donors (Lipinski definition) is 1. The molecule has 0 aliphatic carbocycles. The summed E-state index contributed by atoms with van der Waals surface area (Å²) in [7, 11) is 0. The standard InChI is InChI=1S/C16H23N3O3/c1-3-22-16(21)17-15(20)12-18-8-10-19(11-9-18)14-7-5-4-6-13(14)2/h4-7H,3,8-12H2,1-2H3,(H,17,20,21). The summed E-state index contributed by atoms with van der Waals surface area (Å²) in [5.41, 5.74) is 2.51. The first-order valence-corrected chi connectivity index (χ1v) is 7.59. The molecule has 0 saturated carbocycles. The first-order chi connectivity index (χ1) is 10.6. The molecule has 0 spiro atoms. The quantitative estimate of drug-likeness (QED) is 0.911. The predicted molar refractivity (Wildman–Crippen MR) is 85.0 cm³/mol. The molecule has 0 unspecified atom stereocenters. The van der Waals surface area contributed by atoms with Crippen LogP contribution in [0.3, 0.4) is 0 Å². The van der Waals surface area contributed by atoms with Crippen molar-refractivity contribution in [1.29, 1.82) is 0 Å². The van der Waals surface area contributed by atoms with Crippen LogP contribution in [-0.4, -0.2) is 56.2 Å². The highest BCUT2D eigenvalue weighted by Gasteiger charge is 2.20. The molecule has 6 heteroatoms. The highest BCUT2D eigenvalue weighted by molar-refractivity contribution is 5.92. The molecule has 1 aromatic rings. The minimum atomic E-state index is -0.675. The number of para-hydroxylation sites is 1. The van der Waals surface area contributed by atoms with Gasteiger partial charge in [-0.3, -0.25) is 15.0 Å². The Morgan fingerprint density at radius 1 is 1.18 bits per heavy atom. The van der Waals surface area contributed by atoms with Crippen LogP contribution in [0, 0.1) is 6.92 Å². The number of ether oxygens (including phenoxy) is 1. The Morgan fingerprint density at radius 2 is 1.86 bits per heavy atom. The lowest BCUT2D eigenvalue weighted by atomic mass is 10.1. The van der Waals surface area contributed by atoms with Crippen LogP contribution < -0.4 is 10.2 Å². The van der Waals surface area contributed by atoms with Gasteiger partial charge in [0.2, 0.25) is 5.91 Å². The van der Waals surface area contributed by atoms with E-state index < -0.39 is 6.09 Å². The fraction of sp³-hybridized carbons (Fsp3) is 0.500. The van der Waals surface area contributed by atoms with E-state index in [1.807, 2.05) is 17.0 Å². The van der Waals surface area contributed by atoms with Gasteiger partial charge < -0.3 is 9.64 Å². The maximum absolute atomic E-state index is 11.7. The highest BCUT2D eigenvalue weighted by Crippen LogP contribution is 2.20. The molecule has 1 aromatic carbocycles. The molecule has 0 radical (unpaired) electrons. The number of amides is 2. The summed E-state index contributed by atoms with van der Waals surface area (Å²) in [5.74, 6) is -0.317. The predicted octanol–water partition coefficient (Wildman–Crippen LogP) is 1.39. The first-order valence-electron chi connectivity index (χ1n) is 7.59. The number of piperazine rings is 1. The average molecular weight is 305 g/mol. The minimum Gasteiger partial charge on any atom is -0.450 e. The third-order valence-corrected chi connectivity index (χ3v) is 3.71. The number of carbonyl (C=O) groups is 2. The zero-order chi connectivity index (χ0) is 15.9. The van der Waals surface area contributed by atoms with Crippen LogP contribution >= 0.6 is 0 Å². The van der Waals surface area contributed by atoms with Gasteiger partial charge in [0.05, 0.1) is 13.2 Å². The molecule has 2 rings (SSSR count). The van der Waals surface area contributed by atoms with Gasteiger partial charge in [-0.1, -0.05) is 18.2 Å². The third-order valence-electron chi connectivity index (χ3n) is 3.71. The van der Waals surface area contributed by atoms with E-state index in [0.717, 1.165) is 26.2 Å². The van der Waals surface area contributed by atoms with E-state index >= 15 is 0 Å². The van der Waals surface area contributed by atoms with Gasteiger partial charge in [-0.25, -0.2) is 4.79 Å². The Labute approximate surface area is 131 Å². The molecule has 6 nitrogen and oxygen atoms in total. The van der Waals surface area contributed by atoms with Crippen LogP contribution in [0.4, 0.5) is 10.5 Å². The summed E-state index contributed by atoms with van der Waals surface area (Å²) in [4.78, 5) is 27.3. The van der Waals surface area contributed by atoms with Gasteiger partial charge in [0, 0.05) is 31.9 Å². The van der Waals surface area contributed by atoms with Gasteiger partial charge in [-0.15, -0.1) is 0 Å². The van der Waals surface area contributed by atoms with Crippen molar-refractivity contribution in [3.05, 3.63) is 29.8 Å². The second-order valence-corrected chi connectivity index (χ2v) is 5.32. The molecule has 22 heavy (non-hydrogen) atoms. The normalized spacial score (nSPS) is 15.5. The number of nitrogens with one attached hydrogen (secondary N) is 1. The van der Waals surface area contributed by atoms with E-state index in [1.165, 1.54) is 11.3 Å². The van der Waals surface area contributed by atoms with Crippen molar-refractivity contribution in [2.75, 3.05) is 44.2 Å². The van der Waals surface area contributed by atoms with E-state index in [1.54, 1.807) is 6.92 Å². The number of aryl methyl sites for hydroxylation is 1. The monoisotopic (exact) mass is 305 g/mol. The second-order valence-electron chi connectivity index (χ2n) is 5.32. The lowest BCUT2D eigenvalue weighted by Crippen LogP contribution is -2.50. The number of imide groups is 1. The summed E-state index contributed by atoms with van der Waals surface area (Å²) in [5, 5.41) is 2.22. The largest absolute Gasteiger partial charge is 0.450 e. The molecular weight excluding hydrogens is 282 g/mol. The molecule has 120 valence electrons. The van der Waals surface area contributed by atoms with Crippen LogP contribution in [-0.2, 0) is 9.53 Å². The SMILES string of the molecule is CCOC(=O)NC(=O)CN1CCN(c2ccccc2C)CC1. The van der Waals surface area contributed by atoms with E-state index in [4.69, 9.17) is 4.74 Å². The van der Waals surface area contributed by atoms with Crippen LogP contribution in [0.1, 0.15) is 12.5 Å². The summed E-state index contributed by atoms with van der Waals surface area (Å²) in [6.45, 7) is 7.63. The molecule has 2 amide bonds. The Hall–Kier alpha value is -2.08. The van der Waals surface area contributed by atoms with E-state index in [0.29, 0.717) is 0 Å². The summed E-state index contributed by atoms with van der Waals surface area (Å²) < 4.78 is 4.69. The van der Waals surface area contributed by atoms with Gasteiger partial charge in [-0.2, -0.15) is 0 Å². The Balaban J connectivity index is 1.79. The molecular formula is C16H23N3O3. The Bertz CT molecular complexity index is 525. The van der Waals surface area contributed by atoms with Crippen LogP contribution in [0.5, 0.6) is 0 Å². The molecule has 1 saturated heterocycles. The molecule has 1 aliphatic heterocycles. The second kappa shape index (κ2) is 7.79. The zero-order valence-electron chi connectivity index (χ0n) is 13.2. The van der Waals surface area contributed by atoms with E-state index in [9.17, 15) is 9.59 Å². The van der Waals surface area contributed by atoms with Crippen molar-refractivity contribution in [2.45, 2.75) is 13.8 Å². The van der Waals surface area contributed by atoms with Crippen LogP contribution in [0.2, 0.25) is 0 Å². The number of rotatable bonds is 4. The molecule has 1 N–H and O–H groups in total. The van der Waals surface area contributed by atoms with Gasteiger partial charge >= 0.3 is 6.09 Å². The lowest BCUT2D eigenvalue weighted by Gasteiger charge is -2.36. The highest BCUT2D eigenvalue weighted by atomic mass is 16.5. The molecule has 0 atom stereocenters. The Kier molecular flexibility index (Phi) is 5.77. The summed E-state index contributed by atoms with van der Waals surface area (Å²) >= 11 is 0. The van der Waals surface area contributed by atoms with E-state index in [-0.39, 0.29) is 19.1 Å². The smallest absolute Gasteiger partial charge is 0.413 e. The number of carbonyl (C=O) groups excluding carboxylic acids is 2. The van der Waals surface area contributed by atoms with Gasteiger partial charge in [0.15, 0.2) is 0 Å². The lowest BCUT2D eigenvalue weighted by molar-refractivity contribution is -0.121. The maximum atomic E-state index is 11.7. The third kappa shape index (κ3) is 4.46. The van der Waals surface area contributed by atoms with Gasteiger partial charge in [0.1, 0.15) is 0 Å². The van der Waals surface area contributed by atoms with Crippen molar-refractivity contribution in [1.82, 2.24) is 10.2 Å². The van der Waals surface area contributed by atoms with Gasteiger partial charge in [0.25, 0.3) is 0 Å². The fourth-order valence-corrected chi connectivity index (χ4v) is 2.59. The van der Waals surface area contributed by atoms with E-state index in [2.05, 4.69) is 29.3 Å². The van der Waals surface area contributed by atoms with Crippen molar-refractivity contribution in [3.8, 4) is 0 Å². The van der Waals surface area contributed by atoms with Crippen molar-refractivity contribution >= 4 is 17.7 Å². The number of alkyl carbamates (subject to hydrolysis) is 1. The van der Waals surface area contributed by atoms with Crippen molar-refractivity contribution < 1.29 is 14.3 Å². The maximum Gasteiger partial charge on any atom is 0.413 e. The van der Waals surface area contributed by atoms with Crippen LogP contribution in [0.15, 0.2) is 24.3 Å². The number of anilines is 1. The fourth-order valence-electron chi connectivity index (χ4n) is 2.59. The topological polar surface area (TPSA) is 61.9 Å². The van der Waals surface area contributed by atoms with Gasteiger partial charge in [-0.05, 0) is 25.5 Å². The molecule has 1 aliphatic rings. The number of benzene rings is 1. The van der Waals surface area contributed by atoms with Crippen molar-refractivity contribution in [2.24, 2.45) is 0 Å². The summed E-state index contributed by atoms with van der Waals surface area (Å²) in [6, 6.07) is 8.31.